The molecule has 1 aliphatic heterocycles. The fraction of sp³-hybridized carbons (Fsp3) is 0. The number of allylic oxidation sites excluding steroid dienone is 2. The molecule has 0 unspecified atom stereocenters. The lowest BCUT2D eigenvalue weighted by atomic mass is 10.0. The number of nitrogens with two attached hydrogens (primary N) is 1. The van der Waals surface area contributed by atoms with Crippen molar-refractivity contribution in [2.75, 3.05) is 0 Å². The minimum atomic E-state index is -0.635. The van der Waals surface area contributed by atoms with E-state index in [1.165, 1.54) is 6.07 Å². The summed E-state index contributed by atoms with van der Waals surface area (Å²) in [7, 11) is 0. The number of carbonyl (C=O) groups is 1. The number of nitrogens with zero attached hydrogens (tertiary/aromatic N) is 1. The van der Waals surface area contributed by atoms with E-state index in [-0.39, 0.29) is 10.7 Å². The Bertz CT molecular complexity index is 635. The third kappa shape index (κ3) is 3.10. The molecular formula is C12H8Cl3N3O. The minimum Gasteiger partial charge on any atom is -0.366 e. The normalized spacial score (nSPS) is 16.7. The molecule has 0 spiro atoms. The zero-order chi connectivity index (χ0) is 14.0. The Morgan fingerprint density at radius 3 is 2.47 bits per heavy atom. The number of hydrogen-bond acceptors (Lipinski definition) is 3. The van der Waals surface area contributed by atoms with Crippen molar-refractivity contribution in [2.24, 2.45) is 10.8 Å². The predicted octanol–water partition coefficient (Wildman–Crippen LogP) is 2.90. The molecule has 2 rings (SSSR count). The van der Waals surface area contributed by atoms with Gasteiger partial charge in [-0.2, -0.15) is 5.10 Å². The maximum Gasteiger partial charge on any atom is 0.251 e. The van der Waals surface area contributed by atoms with E-state index in [2.05, 4.69) is 10.5 Å². The molecule has 1 aromatic carbocycles. The zero-order valence-electron chi connectivity index (χ0n) is 9.45. The van der Waals surface area contributed by atoms with E-state index in [1.54, 1.807) is 24.3 Å². The minimum absolute atomic E-state index is 0.214. The molecule has 7 heteroatoms. The molecule has 0 bridgehead atoms. The van der Waals surface area contributed by atoms with Crippen molar-refractivity contribution in [1.82, 2.24) is 5.43 Å². The Kier molecular flexibility index (Phi) is 4.14. The number of rotatable bonds is 2. The van der Waals surface area contributed by atoms with Gasteiger partial charge in [0.15, 0.2) is 0 Å². The molecule has 0 saturated carbocycles. The van der Waals surface area contributed by atoms with Crippen molar-refractivity contribution < 1.29 is 4.79 Å². The lowest BCUT2D eigenvalue weighted by molar-refractivity contribution is -0.112. The first-order valence-electron chi connectivity index (χ1n) is 5.16. The molecule has 19 heavy (non-hydrogen) atoms. The smallest absolute Gasteiger partial charge is 0.251 e. The van der Waals surface area contributed by atoms with Gasteiger partial charge in [0.25, 0.3) is 5.91 Å². The summed E-state index contributed by atoms with van der Waals surface area (Å²) in [5.41, 5.74) is 9.15. The van der Waals surface area contributed by atoms with Crippen molar-refractivity contribution in [2.45, 2.75) is 0 Å². The molecule has 1 heterocycles. The third-order valence-electron chi connectivity index (χ3n) is 2.39. The second kappa shape index (κ2) is 5.65. The fourth-order valence-corrected chi connectivity index (χ4v) is 2.19. The van der Waals surface area contributed by atoms with Gasteiger partial charge in [0.05, 0.1) is 16.3 Å². The summed E-state index contributed by atoms with van der Waals surface area (Å²) in [6.07, 6.45) is 3.14. The lowest BCUT2D eigenvalue weighted by Crippen LogP contribution is -2.20. The van der Waals surface area contributed by atoms with Crippen molar-refractivity contribution in [3.63, 3.8) is 0 Å². The van der Waals surface area contributed by atoms with Gasteiger partial charge in [0.2, 0.25) is 0 Å². The van der Waals surface area contributed by atoms with E-state index < -0.39 is 5.91 Å². The van der Waals surface area contributed by atoms with Crippen LogP contribution in [-0.2, 0) is 4.79 Å². The summed E-state index contributed by atoms with van der Waals surface area (Å²) < 4.78 is 0. The van der Waals surface area contributed by atoms with Gasteiger partial charge in [0.1, 0.15) is 5.17 Å². The van der Waals surface area contributed by atoms with Crippen LogP contribution in [0.3, 0.4) is 0 Å². The first-order valence-corrected chi connectivity index (χ1v) is 6.29. The van der Waals surface area contributed by atoms with Crippen LogP contribution in [0.5, 0.6) is 0 Å². The molecule has 4 nitrogen and oxygen atoms in total. The zero-order valence-corrected chi connectivity index (χ0v) is 11.7. The van der Waals surface area contributed by atoms with Crippen LogP contribution in [0.15, 0.2) is 41.1 Å². The molecule has 0 saturated heterocycles. The van der Waals surface area contributed by atoms with Crippen molar-refractivity contribution >= 4 is 51.5 Å². The summed E-state index contributed by atoms with van der Waals surface area (Å²) >= 11 is 17.6. The topological polar surface area (TPSA) is 67.5 Å². The molecule has 1 aliphatic rings. The molecular weight excluding hydrogens is 309 g/mol. The molecule has 0 fully saturated rings. The molecule has 0 aliphatic carbocycles. The first-order chi connectivity index (χ1) is 8.99. The van der Waals surface area contributed by atoms with Crippen LogP contribution in [0.2, 0.25) is 10.0 Å². The van der Waals surface area contributed by atoms with Gasteiger partial charge in [-0.3, -0.25) is 10.2 Å². The van der Waals surface area contributed by atoms with Gasteiger partial charge in [-0.25, -0.2) is 0 Å². The number of halogens is 3. The van der Waals surface area contributed by atoms with E-state index in [0.29, 0.717) is 21.3 Å². The van der Waals surface area contributed by atoms with E-state index in [9.17, 15) is 4.79 Å². The van der Waals surface area contributed by atoms with Gasteiger partial charge in [-0.05, 0) is 24.3 Å². The number of nitrogens with one attached hydrogen (secondary N) is 1. The van der Waals surface area contributed by atoms with Crippen molar-refractivity contribution in [1.29, 1.82) is 0 Å². The first kappa shape index (κ1) is 13.9. The molecule has 0 atom stereocenters. The second-order valence-electron chi connectivity index (χ2n) is 3.66. The van der Waals surface area contributed by atoms with E-state index in [0.717, 1.165) is 0 Å². The van der Waals surface area contributed by atoms with Crippen LogP contribution in [-0.4, -0.2) is 11.1 Å². The predicted molar refractivity (Wildman–Crippen MR) is 78.1 cm³/mol. The Labute approximate surface area is 124 Å². The number of carbonyl (C=O) groups excluding carboxylic acids is 1. The average Bonchev–Trinajstić information content (AvgIpc) is 2.34. The number of hydrazone groups is 1. The maximum absolute atomic E-state index is 11.6. The number of benzene rings is 1. The number of amides is 1. The highest BCUT2D eigenvalue weighted by atomic mass is 35.5. The molecule has 0 aromatic heterocycles. The number of primary amides is 1. The molecule has 3 N–H and O–H groups in total. The Morgan fingerprint density at radius 2 is 1.95 bits per heavy atom. The van der Waals surface area contributed by atoms with Gasteiger partial charge in [0, 0.05) is 10.6 Å². The second-order valence-corrected chi connectivity index (χ2v) is 4.89. The van der Waals surface area contributed by atoms with E-state index in [4.69, 9.17) is 40.5 Å². The van der Waals surface area contributed by atoms with Crippen LogP contribution >= 0.6 is 34.8 Å². The summed E-state index contributed by atoms with van der Waals surface area (Å²) in [6.45, 7) is 0. The SMILES string of the molecule is NC(=O)/C(=C1/C=CC(Cl)=NN1)c1ccc(Cl)cc1Cl. The Morgan fingerprint density at radius 1 is 1.21 bits per heavy atom. The van der Waals surface area contributed by atoms with Crippen LogP contribution in [0.25, 0.3) is 5.57 Å². The van der Waals surface area contributed by atoms with Gasteiger partial charge < -0.3 is 5.73 Å². The Balaban J connectivity index is 2.56. The molecule has 1 aromatic rings. The standard InChI is InChI=1S/C12H8Cl3N3O/c13-6-1-2-7(8(14)5-6)11(12(16)19)9-3-4-10(15)18-17-9/h1-5,17H,(H2,16,19)/b11-9-. The number of hydrogen-bond donors (Lipinski definition) is 2. The molecule has 1 amide bonds. The van der Waals surface area contributed by atoms with Gasteiger partial charge in [-0.15, -0.1) is 0 Å². The quantitative estimate of drug-likeness (QED) is 0.824. The van der Waals surface area contributed by atoms with Gasteiger partial charge in [-0.1, -0.05) is 40.9 Å². The highest BCUT2D eigenvalue weighted by molar-refractivity contribution is 6.68. The summed E-state index contributed by atoms with van der Waals surface area (Å²) in [5.74, 6) is -0.635. The monoisotopic (exact) mass is 315 g/mol. The third-order valence-corrected chi connectivity index (χ3v) is 3.15. The largest absolute Gasteiger partial charge is 0.366 e. The van der Waals surface area contributed by atoms with Gasteiger partial charge >= 0.3 is 0 Å². The van der Waals surface area contributed by atoms with Crippen LogP contribution in [0, 0.1) is 0 Å². The summed E-state index contributed by atoms with van der Waals surface area (Å²) in [4.78, 5) is 11.6. The van der Waals surface area contributed by atoms with E-state index >= 15 is 0 Å². The van der Waals surface area contributed by atoms with Crippen molar-refractivity contribution in [3.05, 3.63) is 51.7 Å². The molecule has 0 radical (unpaired) electrons. The molecule has 98 valence electrons. The van der Waals surface area contributed by atoms with Crippen LogP contribution in [0.4, 0.5) is 0 Å². The van der Waals surface area contributed by atoms with Crippen LogP contribution in [0.1, 0.15) is 5.56 Å². The summed E-state index contributed by atoms with van der Waals surface area (Å²) in [6, 6.07) is 4.77. The maximum atomic E-state index is 11.6. The average molecular weight is 317 g/mol. The fourth-order valence-electron chi connectivity index (χ4n) is 1.58. The Hall–Kier alpha value is -1.49. The summed E-state index contributed by atoms with van der Waals surface area (Å²) in [5, 5.41) is 4.86. The van der Waals surface area contributed by atoms with Crippen LogP contribution < -0.4 is 11.2 Å². The highest BCUT2D eigenvalue weighted by Gasteiger charge is 2.18. The lowest BCUT2D eigenvalue weighted by Gasteiger charge is -2.13. The highest BCUT2D eigenvalue weighted by Crippen LogP contribution is 2.29. The van der Waals surface area contributed by atoms with Crippen molar-refractivity contribution in [3.8, 4) is 0 Å². The van der Waals surface area contributed by atoms with E-state index in [1.807, 2.05) is 0 Å².